The minimum absolute atomic E-state index is 0.117. The van der Waals surface area contributed by atoms with Crippen LogP contribution >= 0.6 is 0 Å². The predicted molar refractivity (Wildman–Crippen MR) is 76.4 cm³/mol. The maximum Gasteiger partial charge on any atom is 0.227 e. The van der Waals surface area contributed by atoms with Gasteiger partial charge in [-0.25, -0.2) is 4.98 Å². The number of methoxy groups -OCH3 is 1. The quantitative estimate of drug-likeness (QED) is 0.786. The number of ether oxygens (including phenoxy) is 2. The summed E-state index contributed by atoms with van der Waals surface area (Å²) in [5.41, 5.74) is 0.736. The van der Waals surface area contributed by atoms with Crippen LogP contribution in [0.2, 0.25) is 0 Å². The zero-order chi connectivity index (χ0) is 15.1. The second-order valence-electron chi connectivity index (χ2n) is 4.41. The fraction of sp³-hybridized carbons (Fsp3) is 0.333. The van der Waals surface area contributed by atoms with Crippen molar-refractivity contribution in [3.8, 4) is 11.5 Å². The van der Waals surface area contributed by atoms with Crippen molar-refractivity contribution >= 4 is 5.91 Å². The third kappa shape index (κ3) is 4.52. The van der Waals surface area contributed by atoms with Gasteiger partial charge in [0.25, 0.3) is 0 Å². The van der Waals surface area contributed by atoms with E-state index in [0.717, 1.165) is 17.2 Å². The van der Waals surface area contributed by atoms with Gasteiger partial charge in [0.05, 0.1) is 25.8 Å². The molecule has 1 aromatic carbocycles. The number of rotatable bonds is 7. The smallest absolute Gasteiger partial charge is 0.227 e. The first-order chi connectivity index (χ1) is 10.2. The predicted octanol–water partition coefficient (Wildman–Crippen LogP) is 1.73. The van der Waals surface area contributed by atoms with E-state index in [4.69, 9.17) is 13.9 Å². The van der Waals surface area contributed by atoms with Crippen LogP contribution in [-0.2, 0) is 11.2 Å². The highest BCUT2D eigenvalue weighted by Gasteiger charge is 2.09. The van der Waals surface area contributed by atoms with Crippen molar-refractivity contribution in [2.45, 2.75) is 13.3 Å². The van der Waals surface area contributed by atoms with E-state index >= 15 is 0 Å². The summed E-state index contributed by atoms with van der Waals surface area (Å²) in [7, 11) is 1.61. The van der Waals surface area contributed by atoms with Gasteiger partial charge in [-0.15, -0.1) is 0 Å². The molecule has 0 spiro atoms. The summed E-state index contributed by atoms with van der Waals surface area (Å²) in [6, 6.07) is 7.28. The lowest BCUT2D eigenvalue weighted by atomic mass is 10.2. The molecule has 0 saturated carbocycles. The third-order valence-corrected chi connectivity index (χ3v) is 2.92. The Morgan fingerprint density at radius 3 is 2.62 bits per heavy atom. The first-order valence-corrected chi connectivity index (χ1v) is 6.61. The number of carbonyl (C=O) groups is 1. The average molecular weight is 290 g/mol. The summed E-state index contributed by atoms with van der Waals surface area (Å²) in [6.45, 7) is 2.63. The molecule has 1 aromatic heterocycles. The molecule has 0 unspecified atom stereocenters. The van der Waals surface area contributed by atoms with Crippen LogP contribution in [0.4, 0.5) is 0 Å². The highest BCUT2D eigenvalue weighted by Crippen LogP contribution is 2.16. The van der Waals surface area contributed by atoms with E-state index in [-0.39, 0.29) is 12.3 Å². The van der Waals surface area contributed by atoms with Crippen LogP contribution in [-0.4, -0.2) is 31.2 Å². The summed E-state index contributed by atoms with van der Waals surface area (Å²) in [6.07, 6.45) is 1.53. The topological polar surface area (TPSA) is 73.6 Å². The first-order valence-electron chi connectivity index (χ1n) is 6.61. The lowest BCUT2D eigenvalue weighted by molar-refractivity contribution is -0.120. The van der Waals surface area contributed by atoms with Crippen molar-refractivity contribution in [1.82, 2.24) is 10.3 Å². The molecule has 2 aromatic rings. The molecule has 6 nitrogen and oxygen atoms in total. The van der Waals surface area contributed by atoms with Gasteiger partial charge < -0.3 is 19.2 Å². The fourth-order valence-electron chi connectivity index (χ4n) is 1.74. The van der Waals surface area contributed by atoms with E-state index in [1.165, 1.54) is 6.39 Å². The van der Waals surface area contributed by atoms with E-state index in [9.17, 15) is 4.79 Å². The molecule has 1 heterocycles. The van der Waals surface area contributed by atoms with Crippen LogP contribution in [0.1, 0.15) is 11.5 Å². The highest BCUT2D eigenvalue weighted by molar-refractivity contribution is 5.78. The van der Waals surface area contributed by atoms with E-state index in [2.05, 4.69) is 10.3 Å². The van der Waals surface area contributed by atoms with Crippen molar-refractivity contribution in [3.05, 3.63) is 42.1 Å². The Morgan fingerprint density at radius 1 is 1.29 bits per heavy atom. The number of nitrogens with one attached hydrogen (secondary N) is 1. The van der Waals surface area contributed by atoms with Crippen molar-refractivity contribution in [1.29, 1.82) is 0 Å². The van der Waals surface area contributed by atoms with E-state index in [0.29, 0.717) is 18.9 Å². The molecule has 1 N–H and O–H groups in total. The molecule has 6 heteroatoms. The maximum absolute atomic E-state index is 11.7. The standard InChI is InChI=1S/C15H18N2O4/c1-11-14(21-10-17-11)9-15(18)16-7-8-20-13-5-3-12(19-2)4-6-13/h3-6,10H,7-9H2,1-2H3,(H,16,18). The minimum Gasteiger partial charge on any atom is -0.497 e. The lowest BCUT2D eigenvalue weighted by Crippen LogP contribution is -2.29. The first kappa shape index (κ1) is 14.9. The van der Waals surface area contributed by atoms with Gasteiger partial charge in [0.2, 0.25) is 5.91 Å². The lowest BCUT2D eigenvalue weighted by Gasteiger charge is -2.08. The Hall–Kier alpha value is -2.50. The minimum atomic E-state index is -0.117. The Labute approximate surface area is 123 Å². The van der Waals surface area contributed by atoms with Gasteiger partial charge in [-0.1, -0.05) is 0 Å². The number of carbonyl (C=O) groups excluding carboxylic acids is 1. The number of hydrogen-bond donors (Lipinski definition) is 1. The summed E-state index contributed by atoms with van der Waals surface area (Å²) >= 11 is 0. The normalized spacial score (nSPS) is 10.2. The fourth-order valence-corrected chi connectivity index (χ4v) is 1.74. The second kappa shape index (κ2) is 7.33. The summed E-state index contributed by atoms with van der Waals surface area (Å²) in [4.78, 5) is 15.6. The van der Waals surface area contributed by atoms with Gasteiger partial charge in [-0.05, 0) is 31.2 Å². The maximum atomic E-state index is 11.7. The Morgan fingerprint density at radius 2 is 2.00 bits per heavy atom. The zero-order valence-corrected chi connectivity index (χ0v) is 12.1. The van der Waals surface area contributed by atoms with E-state index < -0.39 is 0 Å². The molecule has 112 valence electrons. The SMILES string of the molecule is COc1ccc(OCCNC(=O)Cc2ocnc2C)cc1. The molecule has 0 aliphatic heterocycles. The molecule has 21 heavy (non-hydrogen) atoms. The number of aryl methyl sites for hydroxylation is 1. The number of benzene rings is 1. The number of hydrogen-bond acceptors (Lipinski definition) is 5. The molecule has 0 bridgehead atoms. The molecule has 0 radical (unpaired) electrons. The zero-order valence-electron chi connectivity index (χ0n) is 12.1. The number of amides is 1. The Kier molecular flexibility index (Phi) is 5.20. The van der Waals surface area contributed by atoms with Gasteiger partial charge in [-0.3, -0.25) is 4.79 Å². The van der Waals surface area contributed by atoms with Crippen molar-refractivity contribution in [2.24, 2.45) is 0 Å². The molecule has 0 fully saturated rings. The average Bonchev–Trinajstić information content (AvgIpc) is 2.89. The van der Waals surface area contributed by atoms with Gasteiger partial charge in [-0.2, -0.15) is 0 Å². The summed E-state index contributed by atoms with van der Waals surface area (Å²) < 4.78 is 15.7. The number of oxazole rings is 1. The third-order valence-electron chi connectivity index (χ3n) is 2.92. The van der Waals surface area contributed by atoms with Crippen molar-refractivity contribution in [2.75, 3.05) is 20.3 Å². The molecule has 0 aliphatic carbocycles. The molecule has 0 aliphatic rings. The van der Waals surface area contributed by atoms with Crippen molar-refractivity contribution < 1.29 is 18.7 Å². The Bertz CT molecular complexity index is 578. The number of nitrogens with zero attached hydrogens (tertiary/aromatic N) is 1. The number of aromatic nitrogens is 1. The highest BCUT2D eigenvalue weighted by atomic mass is 16.5. The molecule has 0 atom stereocenters. The molecular formula is C15H18N2O4. The van der Waals surface area contributed by atoms with Gasteiger partial charge >= 0.3 is 0 Å². The summed E-state index contributed by atoms with van der Waals surface area (Å²) in [5.74, 6) is 1.98. The van der Waals surface area contributed by atoms with Crippen LogP contribution in [0, 0.1) is 6.92 Å². The monoisotopic (exact) mass is 290 g/mol. The van der Waals surface area contributed by atoms with Gasteiger partial charge in [0, 0.05) is 0 Å². The van der Waals surface area contributed by atoms with Crippen LogP contribution in [0.15, 0.2) is 35.1 Å². The van der Waals surface area contributed by atoms with Crippen LogP contribution in [0.5, 0.6) is 11.5 Å². The largest absolute Gasteiger partial charge is 0.497 e. The van der Waals surface area contributed by atoms with Gasteiger partial charge in [0.15, 0.2) is 6.39 Å². The van der Waals surface area contributed by atoms with E-state index in [1.807, 2.05) is 24.3 Å². The Balaban J connectivity index is 1.67. The second-order valence-corrected chi connectivity index (χ2v) is 4.41. The molecule has 2 rings (SSSR count). The van der Waals surface area contributed by atoms with Crippen LogP contribution < -0.4 is 14.8 Å². The molecule has 1 amide bonds. The van der Waals surface area contributed by atoms with E-state index in [1.54, 1.807) is 14.0 Å². The van der Waals surface area contributed by atoms with Crippen LogP contribution in [0.3, 0.4) is 0 Å². The van der Waals surface area contributed by atoms with Crippen molar-refractivity contribution in [3.63, 3.8) is 0 Å². The molecular weight excluding hydrogens is 272 g/mol. The van der Waals surface area contributed by atoms with Gasteiger partial charge in [0.1, 0.15) is 23.9 Å². The molecule has 0 saturated heterocycles. The van der Waals surface area contributed by atoms with Crippen LogP contribution in [0.25, 0.3) is 0 Å². The summed E-state index contributed by atoms with van der Waals surface area (Å²) in [5, 5.41) is 2.76.